The van der Waals surface area contributed by atoms with Gasteiger partial charge >= 0.3 is 0 Å². The third-order valence-electron chi connectivity index (χ3n) is 3.50. The van der Waals surface area contributed by atoms with Gasteiger partial charge in [0.25, 0.3) is 0 Å². The molecule has 1 atom stereocenters. The Kier molecular flexibility index (Phi) is 6.04. The summed E-state index contributed by atoms with van der Waals surface area (Å²) in [7, 11) is 0. The van der Waals surface area contributed by atoms with Crippen LogP contribution in [0.5, 0.6) is 0 Å². The van der Waals surface area contributed by atoms with E-state index in [4.69, 9.17) is 23.2 Å². The first kappa shape index (κ1) is 16.3. The van der Waals surface area contributed by atoms with E-state index >= 15 is 0 Å². The Morgan fingerprint density at radius 2 is 1.86 bits per heavy atom. The molecule has 0 radical (unpaired) electrons. The fourth-order valence-electron chi connectivity index (χ4n) is 2.36. The van der Waals surface area contributed by atoms with Crippen LogP contribution in [0.4, 0.5) is 0 Å². The molecule has 0 spiro atoms. The second-order valence-corrected chi connectivity index (χ2v) is 5.93. The molecule has 1 N–H and O–H groups in total. The van der Waals surface area contributed by atoms with Gasteiger partial charge in [-0.05, 0) is 43.7 Å². The molecule has 112 valence electrons. The highest BCUT2D eigenvalue weighted by Crippen LogP contribution is 2.32. The van der Waals surface area contributed by atoms with E-state index in [1.54, 1.807) is 0 Å². The number of halogens is 2. The second-order valence-electron chi connectivity index (χ2n) is 5.11. The van der Waals surface area contributed by atoms with Crippen LogP contribution in [0.2, 0.25) is 10.0 Å². The molecule has 1 aromatic heterocycles. The van der Waals surface area contributed by atoms with Gasteiger partial charge in [-0.25, -0.2) is 0 Å². The molecule has 0 bridgehead atoms. The number of aromatic nitrogens is 1. The molecule has 1 heterocycles. The normalized spacial score (nSPS) is 12.4. The third kappa shape index (κ3) is 4.19. The van der Waals surface area contributed by atoms with E-state index in [2.05, 4.69) is 30.2 Å². The summed E-state index contributed by atoms with van der Waals surface area (Å²) in [6, 6.07) is 9.74. The molecular weight excluding hydrogens is 303 g/mol. The Balaban J connectivity index is 2.32. The Morgan fingerprint density at radius 3 is 2.48 bits per heavy atom. The van der Waals surface area contributed by atoms with Crippen LogP contribution in [0.3, 0.4) is 0 Å². The summed E-state index contributed by atoms with van der Waals surface area (Å²) >= 11 is 12.7. The molecule has 0 aliphatic rings. The van der Waals surface area contributed by atoms with Crippen molar-refractivity contribution in [3.63, 3.8) is 0 Å². The summed E-state index contributed by atoms with van der Waals surface area (Å²) in [4.78, 5) is 4.48. The third-order valence-corrected chi connectivity index (χ3v) is 4.16. The van der Waals surface area contributed by atoms with Gasteiger partial charge in [-0.15, -0.1) is 0 Å². The topological polar surface area (TPSA) is 24.9 Å². The molecule has 0 saturated carbocycles. The van der Waals surface area contributed by atoms with Crippen molar-refractivity contribution >= 4 is 23.2 Å². The van der Waals surface area contributed by atoms with Crippen LogP contribution < -0.4 is 5.32 Å². The lowest BCUT2D eigenvalue weighted by Crippen LogP contribution is -2.25. The minimum Gasteiger partial charge on any atom is -0.310 e. The van der Waals surface area contributed by atoms with Crippen molar-refractivity contribution < 1.29 is 0 Å². The van der Waals surface area contributed by atoms with Gasteiger partial charge in [0.2, 0.25) is 0 Å². The maximum atomic E-state index is 6.36. The first-order valence-corrected chi connectivity index (χ1v) is 7.96. The molecule has 2 rings (SSSR count). The van der Waals surface area contributed by atoms with E-state index in [1.807, 2.05) is 30.5 Å². The fourth-order valence-corrected chi connectivity index (χ4v) is 3.02. The summed E-state index contributed by atoms with van der Waals surface area (Å²) in [5, 5.41) is 4.93. The van der Waals surface area contributed by atoms with Crippen LogP contribution in [0, 0.1) is 6.92 Å². The Hall–Kier alpha value is -1.09. The summed E-state index contributed by atoms with van der Waals surface area (Å²) in [5.74, 6) is 0. The van der Waals surface area contributed by atoms with Crippen LogP contribution in [-0.2, 0) is 6.42 Å². The molecule has 1 unspecified atom stereocenters. The number of aryl methyl sites for hydroxylation is 1. The lowest BCUT2D eigenvalue weighted by atomic mass is 9.99. The zero-order valence-electron chi connectivity index (χ0n) is 12.4. The van der Waals surface area contributed by atoms with Gasteiger partial charge in [0.15, 0.2) is 0 Å². The van der Waals surface area contributed by atoms with Crippen molar-refractivity contribution in [3.8, 4) is 0 Å². The van der Waals surface area contributed by atoms with E-state index in [9.17, 15) is 0 Å². The monoisotopic (exact) mass is 322 g/mol. The number of rotatable bonds is 6. The van der Waals surface area contributed by atoms with E-state index in [0.717, 1.165) is 30.6 Å². The fraction of sp³-hybridized carbons (Fsp3) is 0.353. The smallest absolute Gasteiger partial charge is 0.0468 e. The number of hydrogen-bond acceptors (Lipinski definition) is 2. The second kappa shape index (κ2) is 7.79. The van der Waals surface area contributed by atoms with E-state index in [-0.39, 0.29) is 6.04 Å². The molecule has 0 saturated heterocycles. The van der Waals surface area contributed by atoms with Crippen molar-refractivity contribution in [1.82, 2.24) is 10.3 Å². The molecule has 0 aliphatic carbocycles. The van der Waals surface area contributed by atoms with Crippen LogP contribution in [0.15, 0.2) is 36.5 Å². The summed E-state index contributed by atoms with van der Waals surface area (Å²) in [6.45, 7) is 5.13. The summed E-state index contributed by atoms with van der Waals surface area (Å²) < 4.78 is 0. The van der Waals surface area contributed by atoms with Crippen molar-refractivity contribution in [2.24, 2.45) is 0 Å². The number of nitrogens with one attached hydrogen (secondary N) is 1. The van der Waals surface area contributed by atoms with Crippen LogP contribution >= 0.6 is 23.2 Å². The summed E-state index contributed by atoms with van der Waals surface area (Å²) in [6.07, 6.45) is 3.66. The van der Waals surface area contributed by atoms with Gasteiger partial charge in [-0.2, -0.15) is 0 Å². The average Bonchev–Trinajstić information content (AvgIpc) is 2.46. The zero-order chi connectivity index (χ0) is 15.2. The first-order chi connectivity index (χ1) is 10.1. The molecular formula is C17H20Cl2N2. The van der Waals surface area contributed by atoms with Crippen molar-refractivity contribution in [3.05, 3.63) is 63.4 Å². The minimum absolute atomic E-state index is 0.0692. The van der Waals surface area contributed by atoms with Crippen LogP contribution in [-0.4, -0.2) is 11.5 Å². The first-order valence-electron chi connectivity index (χ1n) is 7.21. The maximum Gasteiger partial charge on any atom is 0.0468 e. The van der Waals surface area contributed by atoms with E-state index in [0.29, 0.717) is 10.0 Å². The zero-order valence-corrected chi connectivity index (χ0v) is 13.9. The highest BCUT2D eigenvalue weighted by Gasteiger charge is 2.19. The predicted molar refractivity (Wildman–Crippen MR) is 90.2 cm³/mol. The number of nitrogens with zero attached hydrogens (tertiary/aromatic N) is 1. The lowest BCUT2D eigenvalue weighted by Gasteiger charge is -2.22. The lowest BCUT2D eigenvalue weighted by molar-refractivity contribution is 0.523. The van der Waals surface area contributed by atoms with E-state index < -0.39 is 0 Å². The molecule has 1 aromatic carbocycles. The van der Waals surface area contributed by atoms with Crippen molar-refractivity contribution in [2.75, 3.05) is 6.54 Å². The summed E-state index contributed by atoms with van der Waals surface area (Å²) in [5.41, 5.74) is 3.21. The molecule has 0 amide bonds. The van der Waals surface area contributed by atoms with Crippen LogP contribution in [0.1, 0.15) is 36.2 Å². The van der Waals surface area contributed by atoms with Crippen molar-refractivity contribution in [1.29, 1.82) is 0 Å². The molecule has 21 heavy (non-hydrogen) atoms. The highest BCUT2D eigenvalue weighted by molar-refractivity contribution is 6.36. The number of hydrogen-bond donors (Lipinski definition) is 1. The molecule has 0 fully saturated rings. The molecule has 2 aromatic rings. The largest absolute Gasteiger partial charge is 0.310 e. The van der Waals surface area contributed by atoms with Crippen molar-refractivity contribution in [2.45, 2.75) is 32.7 Å². The predicted octanol–water partition coefficient (Wildman–Crippen LogP) is 4.98. The highest BCUT2D eigenvalue weighted by atomic mass is 35.5. The maximum absolute atomic E-state index is 6.36. The Labute approximate surface area is 136 Å². The van der Waals surface area contributed by atoms with Gasteiger partial charge in [0.05, 0.1) is 0 Å². The Morgan fingerprint density at radius 1 is 1.14 bits per heavy atom. The van der Waals surface area contributed by atoms with Gasteiger partial charge in [0.1, 0.15) is 0 Å². The molecule has 0 aliphatic heterocycles. The van der Waals surface area contributed by atoms with Gasteiger partial charge < -0.3 is 5.32 Å². The van der Waals surface area contributed by atoms with Gasteiger partial charge in [-0.1, -0.05) is 42.3 Å². The SMILES string of the molecule is CCCNC(Cc1ncccc1C)c1c(Cl)cccc1Cl. The standard InChI is InChI=1S/C17H20Cl2N2/c1-3-9-20-16(11-15-12(2)6-5-10-21-15)17-13(18)7-4-8-14(17)19/h4-8,10,16,20H,3,9,11H2,1-2H3. The van der Waals surface area contributed by atoms with E-state index in [1.165, 1.54) is 5.56 Å². The van der Waals surface area contributed by atoms with Crippen LogP contribution in [0.25, 0.3) is 0 Å². The quantitative estimate of drug-likeness (QED) is 0.811. The number of pyridine rings is 1. The number of benzene rings is 1. The molecule has 2 nitrogen and oxygen atoms in total. The molecule has 4 heteroatoms. The average molecular weight is 323 g/mol. The van der Waals surface area contributed by atoms with Gasteiger partial charge in [-0.3, -0.25) is 4.98 Å². The van der Waals surface area contributed by atoms with Gasteiger partial charge in [0, 0.05) is 40.0 Å². The minimum atomic E-state index is 0.0692. The Bertz CT molecular complexity index is 579.